The molecule has 0 amide bonds. The number of carbonyl (C=O) groups is 1. The maximum atomic E-state index is 11.5. The van der Waals surface area contributed by atoms with E-state index in [0.717, 1.165) is 5.69 Å². The van der Waals surface area contributed by atoms with Gasteiger partial charge in [0.25, 0.3) is 0 Å². The molecule has 104 valence electrons. The Balaban J connectivity index is 2.21. The van der Waals surface area contributed by atoms with E-state index in [1.807, 2.05) is 19.9 Å². The number of ether oxygens (including phenoxy) is 1. The first kappa shape index (κ1) is 13.7. The van der Waals surface area contributed by atoms with Crippen molar-refractivity contribution in [3.63, 3.8) is 0 Å². The van der Waals surface area contributed by atoms with Crippen molar-refractivity contribution in [2.45, 2.75) is 32.3 Å². The van der Waals surface area contributed by atoms with Crippen LogP contribution in [0.2, 0.25) is 0 Å². The fraction of sp³-hybridized carbons (Fsp3) is 0.615. The molecule has 1 aromatic rings. The van der Waals surface area contributed by atoms with Gasteiger partial charge in [-0.3, -0.25) is 0 Å². The topological polar surface area (TPSA) is 75.5 Å². The number of nitrogens with zero attached hydrogens (tertiary/aromatic N) is 3. The second kappa shape index (κ2) is 5.13. The van der Waals surface area contributed by atoms with Gasteiger partial charge < -0.3 is 14.7 Å². The van der Waals surface area contributed by atoms with Gasteiger partial charge in [0.2, 0.25) is 5.82 Å². The van der Waals surface area contributed by atoms with Crippen LogP contribution in [0.25, 0.3) is 0 Å². The summed E-state index contributed by atoms with van der Waals surface area (Å²) < 4.78 is 4.64. The van der Waals surface area contributed by atoms with Crippen LogP contribution >= 0.6 is 0 Å². The zero-order chi connectivity index (χ0) is 14.0. The normalized spacial score (nSPS) is 18.2. The summed E-state index contributed by atoms with van der Waals surface area (Å²) in [5.41, 5.74) is 0.117. The van der Waals surface area contributed by atoms with Crippen molar-refractivity contribution in [2.75, 3.05) is 25.1 Å². The van der Waals surface area contributed by atoms with Crippen LogP contribution in [0.5, 0.6) is 0 Å². The van der Waals surface area contributed by atoms with E-state index in [1.54, 1.807) is 0 Å². The zero-order valence-electron chi connectivity index (χ0n) is 11.5. The highest BCUT2D eigenvalue weighted by molar-refractivity contribution is 5.85. The van der Waals surface area contributed by atoms with Gasteiger partial charge in [-0.15, -0.1) is 0 Å². The number of aliphatic hydroxyl groups is 1. The number of carbonyl (C=O) groups excluding carboxylic acids is 1. The molecule has 0 bridgehead atoms. The van der Waals surface area contributed by atoms with Crippen molar-refractivity contribution in [2.24, 2.45) is 0 Å². The molecule has 0 spiro atoms. The van der Waals surface area contributed by atoms with Gasteiger partial charge in [-0.2, -0.15) is 0 Å². The molecule has 0 saturated carbocycles. The standard InChI is InChI=1S/C13H19N3O3/c1-9-8-10(15-11(14-9)12(17)19-3)16-6-4-13(2,18)5-7-16/h8,18H,4-7H2,1-3H3. The van der Waals surface area contributed by atoms with Crippen molar-refractivity contribution in [3.05, 3.63) is 17.6 Å². The van der Waals surface area contributed by atoms with Gasteiger partial charge in [0, 0.05) is 24.8 Å². The summed E-state index contributed by atoms with van der Waals surface area (Å²) in [6.45, 7) is 5.08. The Labute approximate surface area is 112 Å². The second-order valence-electron chi connectivity index (χ2n) is 5.17. The molecule has 0 aliphatic carbocycles. The number of piperidine rings is 1. The third-order valence-corrected chi connectivity index (χ3v) is 3.37. The Morgan fingerprint density at radius 3 is 2.63 bits per heavy atom. The van der Waals surface area contributed by atoms with Crippen LogP contribution in [0.1, 0.15) is 36.1 Å². The van der Waals surface area contributed by atoms with Gasteiger partial charge in [0.05, 0.1) is 12.7 Å². The number of aromatic nitrogens is 2. The zero-order valence-corrected chi connectivity index (χ0v) is 11.5. The summed E-state index contributed by atoms with van der Waals surface area (Å²) in [4.78, 5) is 21.9. The molecular formula is C13H19N3O3. The van der Waals surface area contributed by atoms with Gasteiger partial charge >= 0.3 is 5.97 Å². The Bertz CT molecular complexity index is 478. The van der Waals surface area contributed by atoms with Crippen LogP contribution in [0.15, 0.2) is 6.07 Å². The first-order valence-corrected chi connectivity index (χ1v) is 6.33. The molecule has 1 saturated heterocycles. The van der Waals surface area contributed by atoms with Crippen molar-refractivity contribution in [1.29, 1.82) is 0 Å². The van der Waals surface area contributed by atoms with E-state index >= 15 is 0 Å². The maximum Gasteiger partial charge on any atom is 0.376 e. The maximum absolute atomic E-state index is 11.5. The van der Waals surface area contributed by atoms with E-state index < -0.39 is 11.6 Å². The van der Waals surface area contributed by atoms with Gasteiger partial charge in [0.1, 0.15) is 5.82 Å². The third kappa shape index (κ3) is 3.20. The summed E-state index contributed by atoms with van der Waals surface area (Å²) in [7, 11) is 1.31. The van der Waals surface area contributed by atoms with Gasteiger partial charge in [-0.05, 0) is 26.7 Å². The van der Waals surface area contributed by atoms with Crippen LogP contribution in [-0.2, 0) is 4.74 Å². The summed E-state index contributed by atoms with van der Waals surface area (Å²) in [5, 5.41) is 9.94. The molecule has 6 heteroatoms. The highest BCUT2D eigenvalue weighted by Crippen LogP contribution is 2.25. The SMILES string of the molecule is COC(=O)c1nc(C)cc(N2CCC(C)(O)CC2)n1. The first-order valence-electron chi connectivity index (χ1n) is 6.33. The van der Waals surface area contributed by atoms with Crippen molar-refractivity contribution in [1.82, 2.24) is 9.97 Å². The van der Waals surface area contributed by atoms with E-state index in [9.17, 15) is 9.90 Å². The Kier molecular flexibility index (Phi) is 3.71. The van der Waals surface area contributed by atoms with Crippen LogP contribution in [0.4, 0.5) is 5.82 Å². The molecular weight excluding hydrogens is 246 g/mol. The molecule has 19 heavy (non-hydrogen) atoms. The van der Waals surface area contributed by atoms with Gasteiger partial charge in [-0.1, -0.05) is 0 Å². The monoisotopic (exact) mass is 265 g/mol. The van der Waals surface area contributed by atoms with E-state index in [0.29, 0.717) is 31.7 Å². The number of aryl methyl sites for hydroxylation is 1. The molecule has 2 heterocycles. The largest absolute Gasteiger partial charge is 0.463 e. The molecule has 2 rings (SSSR count). The van der Waals surface area contributed by atoms with Gasteiger partial charge in [0.15, 0.2) is 0 Å². The fourth-order valence-electron chi connectivity index (χ4n) is 2.11. The van der Waals surface area contributed by atoms with Crippen molar-refractivity contribution < 1.29 is 14.6 Å². The molecule has 1 fully saturated rings. The Morgan fingerprint density at radius 1 is 1.42 bits per heavy atom. The minimum atomic E-state index is -0.607. The number of hydrogen-bond donors (Lipinski definition) is 1. The molecule has 0 unspecified atom stereocenters. The van der Waals surface area contributed by atoms with Crippen LogP contribution in [-0.4, -0.2) is 46.8 Å². The van der Waals surface area contributed by atoms with Crippen LogP contribution < -0.4 is 4.90 Å². The molecule has 1 aliphatic heterocycles. The van der Waals surface area contributed by atoms with Crippen molar-refractivity contribution in [3.8, 4) is 0 Å². The lowest BCUT2D eigenvalue weighted by molar-refractivity contribution is 0.0349. The van der Waals surface area contributed by atoms with E-state index in [1.165, 1.54) is 7.11 Å². The minimum Gasteiger partial charge on any atom is -0.463 e. The lowest BCUT2D eigenvalue weighted by Crippen LogP contribution is -2.43. The average molecular weight is 265 g/mol. The summed E-state index contributed by atoms with van der Waals surface area (Å²) in [6, 6.07) is 1.84. The first-order chi connectivity index (χ1) is 8.91. The Hall–Kier alpha value is -1.69. The lowest BCUT2D eigenvalue weighted by Gasteiger charge is -2.36. The molecule has 6 nitrogen and oxygen atoms in total. The van der Waals surface area contributed by atoms with E-state index in [4.69, 9.17) is 0 Å². The molecule has 1 aromatic heterocycles. The minimum absolute atomic E-state index is 0.0785. The summed E-state index contributed by atoms with van der Waals surface area (Å²) in [6.07, 6.45) is 1.37. The molecule has 1 N–H and O–H groups in total. The molecule has 0 radical (unpaired) electrons. The summed E-state index contributed by atoms with van der Waals surface area (Å²) >= 11 is 0. The fourth-order valence-corrected chi connectivity index (χ4v) is 2.11. The van der Waals surface area contributed by atoms with Crippen molar-refractivity contribution >= 4 is 11.8 Å². The molecule has 0 aromatic carbocycles. The van der Waals surface area contributed by atoms with Gasteiger partial charge in [-0.25, -0.2) is 14.8 Å². The highest BCUT2D eigenvalue weighted by atomic mass is 16.5. The second-order valence-corrected chi connectivity index (χ2v) is 5.17. The smallest absolute Gasteiger partial charge is 0.376 e. The quantitative estimate of drug-likeness (QED) is 0.801. The predicted octanol–water partition coefficient (Wildman–Crippen LogP) is 0.923. The lowest BCUT2D eigenvalue weighted by atomic mass is 9.94. The number of anilines is 1. The third-order valence-electron chi connectivity index (χ3n) is 3.37. The average Bonchev–Trinajstić information content (AvgIpc) is 2.37. The Morgan fingerprint density at radius 2 is 2.05 bits per heavy atom. The predicted molar refractivity (Wildman–Crippen MR) is 70.2 cm³/mol. The van der Waals surface area contributed by atoms with Crippen LogP contribution in [0.3, 0.4) is 0 Å². The molecule has 0 atom stereocenters. The van der Waals surface area contributed by atoms with E-state index in [2.05, 4.69) is 19.6 Å². The number of rotatable bonds is 2. The number of methoxy groups -OCH3 is 1. The molecule has 1 aliphatic rings. The number of hydrogen-bond acceptors (Lipinski definition) is 6. The summed E-state index contributed by atoms with van der Waals surface area (Å²) in [5.74, 6) is 0.257. The highest BCUT2D eigenvalue weighted by Gasteiger charge is 2.28. The number of esters is 1. The van der Waals surface area contributed by atoms with Crippen LogP contribution in [0, 0.1) is 6.92 Å². The van der Waals surface area contributed by atoms with E-state index in [-0.39, 0.29) is 5.82 Å².